The van der Waals surface area contributed by atoms with E-state index in [2.05, 4.69) is 37.9 Å². The Morgan fingerprint density at radius 3 is 2.50 bits per heavy atom. The summed E-state index contributed by atoms with van der Waals surface area (Å²) in [5, 5.41) is 3.53. The first kappa shape index (κ1) is 15.5. The summed E-state index contributed by atoms with van der Waals surface area (Å²) in [7, 11) is 0. The van der Waals surface area contributed by atoms with E-state index in [1.165, 1.54) is 0 Å². The normalized spacial score (nSPS) is 24.3. The summed E-state index contributed by atoms with van der Waals surface area (Å²) in [4.78, 5) is 14.5. The molecule has 106 valence electrons. The van der Waals surface area contributed by atoms with Gasteiger partial charge in [-0.3, -0.25) is 10.1 Å². The third-order valence-electron chi connectivity index (χ3n) is 3.71. The summed E-state index contributed by atoms with van der Waals surface area (Å²) in [6.45, 7) is 9.72. The second-order valence-electron chi connectivity index (χ2n) is 5.88. The molecule has 1 heterocycles. The van der Waals surface area contributed by atoms with Gasteiger partial charge in [0, 0.05) is 6.54 Å². The number of unbranched alkanes of at least 4 members (excludes halogenated alkanes) is 1. The summed E-state index contributed by atoms with van der Waals surface area (Å²) in [5.41, 5.74) is 0. The molecule has 0 aromatic rings. The molecule has 0 spiro atoms. The van der Waals surface area contributed by atoms with Crippen molar-refractivity contribution in [3.63, 3.8) is 0 Å². The SMILES string of the molecule is CCCCC1NC(CCC)N(CCC(C)C)C1=O. The third kappa shape index (κ3) is 4.27. The van der Waals surface area contributed by atoms with E-state index in [1.54, 1.807) is 0 Å². The monoisotopic (exact) mass is 254 g/mol. The zero-order valence-corrected chi connectivity index (χ0v) is 12.5. The van der Waals surface area contributed by atoms with Crippen molar-refractivity contribution in [1.82, 2.24) is 10.2 Å². The molecule has 3 heteroatoms. The fourth-order valence-electron chi connectivity index (χ4n) is 2.54. The number of nitrogens with zero attached hydrogens (tertiary/aromatic N) is 1. The van der Waals surface area contributed by atoms with Gasteiger partial charge in [-0.25, -0.2) is 0 Å². The van der Waals surface area contributed by atoms with Crippen molar-refractivity contribution in [2.45, 2.75) is 78.4 Å². The standard InChI is InChI=1S/C15H30N2O/c1-5-7-9-13-15(18)17(11-10-12(3)4)14(16-13)8-6-2/h12-14,16H,5-11H2,1-4H3. The predicted octanol–water partition coefficient (Wildman–Crippen LogP) is 3.15. The van der Waals surface area contributed by atoms with Crippen molar-refractivity contribution in [3.8, 4) is 0 Å². The molecule has 1 fully saturated rings. The molecule has 18 heavy (non-hydrogen) atoms. The van der Waals surface area contributed by atoms with Crippen molar-refractivity contribution in [2.24, 2.45) is 5.92 Å². The van der Waals surface area contributed by atoms with Gasteiger partial charge in [0.25, 0.3) is 0 Å². The van der Waals surface area contributed by atoms with E-state index in [4.69, 9.17) is 0 Å². The molecule has 0 aromatic heterocycles. The Morgan fingerprint density at radius 2 is 1.94 bits per heavy atom. The number of hydrogen-bond acceptors (Lipinski definition) is 2. The van der Waals surface area contributed by atoms with Gasteiger partial charge >= 0.3 is 0 Å². The van der Waals surface area contributed by atoms with Crippen LogP contribution in [0.25, 0.3) is 0 Å². The highest BCUT2D eigenvalue weighted by atomic mass is 16.2. The molecule has 0 bridgehead atoms. The van der Waals surface area contributed by atoms with Gasteiger partial charge in [0.1, 0.15) is 0 Å². The number of carbonyl (C=O) groups excluding carboxylic acids is 1. The second-order valence-corrected chi connectivity index (χ2v) is 5.88. The van der Waals surface area contributed by atoms with E-state index in [0.717, 1.165) is 45.1 Å². The summed E-state index contributed by atoms with van der Waals surface area (Å²) in [5.74, 6) is 0.998. The maximum atomic E-state index is 12.4. The van der Waals surface area contributed by atoms with E-state index in [1.807, 2.05) is 0 Å². The largest absolute Gasteiger partial charge is 0.326 e. The van der Waals surface area contributed by atoms with E-state index in [0.29, 0.717) is 11.8 Å². The average molecular weight is 254 g/mol. The molecule has 1 rings (SSSR count). The summed E-state index contributed by atoms with van der Waals surface area (Å²) < 4.78 is 0. The fraction of sp³-hybridized carbons (Fsp3) is 0.933. The summed E-state index contributed by atoms with van der Waals surface area (Å²) in [6, 6.07) is 0.0775. The van der Waals surface area contributed by atoms with E-state index >= 15 is 0 Å². The average Bonchev–Trinajstić information content (AvgIpc) is 2.61. The molecule has 1 saturated heterocycles. The van der Waals surface area contributed by atoms with Crippen molar-refractivity contribution in [2.75, 3.05) is 6.54 Å². The highest BCUT2D eigenvalue weighted by Crippen LogP contribution is 2.19. The maximum Gasteiger partial charge on any atom is 0.241 e. The predicted molar refractivity (Wildman–Crippen MR) is 76.3 cm³/mol. The lowest BCUT2D eigenvalue weighted by atomic mass is 10.1. The molecule has 0 aromatic carbocycles. The van der Waals surface area contributed by atoms with E-state index < -0.39 is 0 Å². The molecular formula is C15H30N2O. The smallest absolute Gasteiger partial charge is 0.241 e. The van der Waals surface area contributed by atoms with Crippen LogP contribution in [0.1, 0.15) is 66.2 Å². The Morgan fingerprint density at radius 1 is 1.22 bits per heavy atom. The van der Waals surface area contributed by atoms with Crippen LogP contribution < -0.4 is 5.32 Å². The molecule has 1 aliphatic rings. The van der Waals surface area contributed by atoms with Gasteiger partial charge in [-0.15, -0.1) is 0 Å². The number of nitrogens with one attached hydrogen (secondary N) is 1. The first-order chi connectivity index (χ1) is 8.60. The lowest BCUT2D eigenvalue weighted by Gasteiger charge is -2.24. The minimum atomic E-state index is 0.0775. The van der Waals surface area contributed by atoms with Crippen molar-refractivity contribution in [1.29, 1.82) is 0 Å². The zero-order chi connectivity index (χ0) is 13.5. The number of carbonyl (C=O) groups is 1. The van der Waals surface area contributed by atoms with Crippen molar-refractivity contribution in [3.05, 3.63) is 0 Å². The first-order valence-electron chi connectivity index (χ1n) is 7.66. The molecule has 1 N–H and O–H groups in total. The van der Waals surface area contributed by atoms with Crippen LogP contribution in [0.5, 0.6) is 0 Å². The Kier molecular flexibility index (Phi) is 6.69. The number of rotatable bonds is 8. The second kappa shape index (κ2) is 7.78. The molecule has 0 radical (unpaired) electrons. The van der Waals surface area contributed by atoms with Crippen LogP contribution in [-0.4, -0.2) is 29.6 Å². The van der Waals surface area contributed by atoms with Crippen LogP contribution >= 0.6 is 0 Å². The van der Waals surface area contributed by atoms with Crippen LogP contribution in [-0.2, 0) is 4.79 Å². The molecule has 2 unspecified atom stereocenters. The molecule has 1 amide bonds. The third-order valence-corrected chi connectivity index (χ3v) is 3.71. The zero-order valence-electron chi connectivity index (χ0n) is 12.5. The molecule has 2 atom stereocenters. The maximum absolute atomic E-state index is 12.4. The molecule has 3 nitrogen and oxygen atoms in total. The first-order valence-corrected chi connectivity index (χ1v) is 7.66. The highest BCUT2D eigenvalue weighted by molar-refractivity contribution is 5.84. The van der Waals surface area contributed by atoms with Gasteiger partial charge in [-0.1, -0.05) is 47.0 Å². The summed E-state index contributed by atoms with van der Waals surface area (Å²) >= 11 is 0. The molecule has 1 aliphatic heterocycles. The van der Waals surface area contributed by atoms with E-state index in [9.17, 15) is 4.79 Å². The van der Waals surface area contributed by atoms with Crippen molar-refractivity contribution >= 4 is 5.91 Å². The quantitative estimate of drug-likeness (QED) is 0.721. The molecular weight excluding hydrogens is 224 g/mol. The Bertz CT molecular complexity index is 253. The van der Waals surface area contributed by atoms with Crippen LogP contribution in [0.4, 0.5) is 0 Å². The van der Waals surface area contributed by atoms with Gasteiger partial charge < -0.3 is 4.90 Å². The summed E-state index contributed by atoms with van der Waals surface area (Å²) in [6.07, 6.45) is 6.89. The van der Waals surface area contributed by atoms with Crippen LogP contribution in [0, 0.1) is 5.92 Å². The Labute approximate surface area is 112 Å². The minimum Gasteiger partial charge on any atom is -0.326 e. The lowest BCUT2D eigenvalue weighted by molar-refractivity contribution is -0.130. The van der Waals surface area contributed by atoms with Crippen molar-refractivity contribution < 1.29 is 4.79 Å². The van der Waals surface area contributed by atoms with Gasteiger partial charge in [-0.05, 0) is 25.2 Å². The highest BCUT2D eigenvalue weighted by Gasteiger charge is 2.37. The van der Waals surface area contributed by atoms with Crippen LogP contribution in [0.15, 0.2) is 0 Å². The Hall–Kier alpha value is -0.570. The van der Waals surface area contributed by atoms with Gasteiger partial charge in [0.05, 0.1) is 12.2 Å². The lowest BCUT2D eigenvalue weighted by Crippen LogP contribution is -2.38. The minimum absolute atomic E-state index is 0.0775. The molecule has 0 aliphatic carbocycles. The number of amides is 1. The number of hydrogen-bond donors (Lipinski definition) is 1. The molecule has 0 saturated carbocycles. The van der Waals surface area contributed by atoms with E-state index in [-0.39, 0.29) is 12.2 Å². The van der Waals surface area contributed by atoms with Gasteiger partial charge in [0.15, 0.2) is 0 Å². The topological polar surface area (TPSA) is 32.3 Å². The Balaban J connectivity index is 2.56. The fourth-order valence-corrected chi connectivity index (χ4v) is 2.54. The van der Waals surface area contributed by atoms with Gasteiger partial charge in [0.2, 0.25) is 5.91 Å². The van der Waals surface area contributed by atoms with Gasteiger partial charge in [-0.2, -0.15) is 0 Å². The van der Waals surface area contributed by atoms with Crippen LogP contribution in [0.3, 0.4) is 0 Å². The van der Waals surface area contributed by atoms with Crippen LogP contribution in [0.2, 0.25) is 0 Å².